The highest BCUT2D eigenvalue weighted by molar-refractivity contribution is 6.31. The molecule has 2 aromatic carbocycles. The van der Waals surface area contributed by atoms with E-state index in [1.54, 1.807) is 0 Å². The lowest BCUT2D eigenvalue weighted by molar-refractivity contribution is -0.383. The number of nitro benzene ring substituents is 1. The molecule has 1 aliphatic heterocycles. The zero-order valence-corrected chi connectivity index (χ0v) is 16.7. The highest BCUT2D eigenvalue weighted by atomic mass is 35.5. The van der Waals surface area contributed by atoms with Crippen LogP contribution in [-0.4, -0.2) is 48.5 Å². The fourth-order valence-corrected chi connectivity index (χ4v) is 3.55. The Bertz CT molecular complexity index is 895. The second-order valence-corrected chi connectivity index (χ2v) is 7.39. The van der Waals surface area contributed by atoms with Crippen LogP contribution < -0.4 is 10.2 Å². The molecule has 1 saturated heterocycles. The van der Waals surface area contributed by atoms with Crippen molar-refractivity contribution in [2.75, 3.05) is 42.9 Å². The Balaban J connectivity index is 1.57. The van der Waals surface area contributed by atoms with Crippen molar-refractivity contribution in [3.63, 3.8) is 0 Å². The molecule has 1 fully saturated rings. The maximum Gasteiger partial charge on any atom is 0.294 e. The maximum absolute atomic E-state index is 12.4. The van der Waals surface area contributed by atoms with Gasteiger partial charge in [0.25, 0.3) is 5.69 Å². The fraction of sp³-hybridized carbons (Fsp3) is 0.350. The van der Waals surface area contributed by atoms with E-state index in [0.717, 1.165) is 26.2 Å². The molecule has 0 aliphatic carbocycles. The van der Waals surface area contributed by atoms with Crippen LogP contribution in [0.2, 0.25) is 5.02 Å². The van der Waals surface area contributed by atoms with Gasteiger partial charge in [0.1, 0.15) is 5.69 Å². The molecule has 1 heterocycles. The van der Waals surface area contributed by atoms with Crippen molar-refractivity contribution >= 4 is 34.6 Å². The zero-order valence-electron chi connectivity index (χ0n) is 15.9. The van der Waals surface area contributed by atoms with Gasteiger partial charge in [0.2, 0.25) is 5.91 Å². The van der Waals surface area contributed by atoms with Crippen molar-refractivity contribution < 1.29 is 9.72 Å². The van der Waals surface area contributed by atoms with Crippen LogP contribution in [0.4, 0.5) is 17.1 Å². The van der Waals surface area contributed by atoms with E-state index in [-0.39, 0.29) is 28.8 Å². The smallest absolute Gasteiger partial charge is 0.294 e. The normalized spacial score (nSPS) is 14.8. The largest absolute Gasteiger partial charge is 0.369 e. The highest BCUT2D eigenvalue weighted by Crippen LogP contribution is 2.28. The van der Waals surface area contributed by atoms with Crippen molar-refractivity contribution in [3.8, 4) is 0 Å². The molecule has 0 radical (unpaired) electrons. The van der Waals surface area contributed by atoms with Gasteiger partial charge in [0.15, 0.2) is 0 Å². The summed E-state index contributed by atoms with van der Waals surface area (Å²) in [5, 5.41) is 14.0. The van der Waals surface area contributed by atoms with Gasteiger partial charge in [-0.1, -0.05) is 23.7 Å². The summed E-state index contributed by atoms with van der Waals surface area (Å²) in [4.78, 5) is 27.4. The molecule has 8 heteroatoms. The number of piperazine rings is 1. The third-order valence-electron chi connectivity index (χ3n) is 5.09. The van der Waals surface area contributed by atoms with Crippen LogP contribution in [0.1, 0.15) is 11.1 Å². The minimum absolute atomic E-state index is 0.161. The number of hydrogen-bond acceptors (Lipinski definition) is 5. The first-order valence-electron chi connectivity index (χ1n) is 9.12. The number of amides is 1. The molecule has 3 rings (SSSR count). The number of nitro groups is 1. The van der Waals surface area contributed by atoms with Crippen LogP contribution in [0.25, 0.3) is 0 Å². The Labute approximate surface area is 169 Å². The summed E-state index contributed by atoms with van der Waals surface area (Å²) in [6.45, 7) is 7.60. The summed E-state index contributed by atoms with van der Waals surface area (Å²) in [6.07, 6.45) is 0. The van der Waals surface area contributed by atoms with E-state index in [0.29, 0.717) is 0 Å². The first-order chi connectivity index (χ1) is 13.3. The monoisotopic (exact) mass is 402 g/mol. The molecule has 2 aromatic rings. The van der Waals surface area contributed by atoms with E-state index in [1.165, 1.54) is 35.0 Å². The van der Waals surface area contributed by atoms with Crippen LogP contribution >= 0.6 is 11.6 Å². The van der Waals surface area contributed by atoms with Gasteiger partial charge in [-0.05, 0) is 43.2 Å². The zero-order chi connectivity index (χ0) is 20.3. The number of hydrogen-bond donors (Lipinski definition) is 1. The van der Waals surface area contributed by atoms with Gasteiger partial charge in [-0.2, -0.15) is 0 Å². The number of halogens is 1. The number of carbonyl (C=O) groups excluding carboxylic acids is 1. The molecule has 0 spiro atoms. The Morgan fingerprint density at radius 1 is 1.18 bits per heavy atom. The summed E-state index contributed by atoms with van der Waals surface area (Å²) in [5.74, 6) is -0.273. The molecule has 0 bridgehead atoms. The average Bonchev–Trinajstić information content (AvgIpc) is 2.66. The van der Waals surface area contributed by atoms with Gasteiger partial charge in [-0.3, -0.25) is 19.8 Å². The number of carbonyl (C=O) groups is 1. The first kappa shape index (κ1) is 20.1. The second kappa shape index (κ2) is 8.58. The summed E-state index contributed by atoms with van der Waals surface area (Å²) >= 11 is 5.81. The molecule has 28 heavy (non-hydrogen) atoms. The summed E-state index contributed by atoms with van der Waals surface area (Å²) < 4.78 is 0. The van der Waals surface area contributed by atoms with E-state index < -0.39 is 4.92 Å². The molecule has 0 unspecified atom stereocenters. The SMILES string of the molecule is Cc1cccc(N2CCN(CC(=O)Nc3ccc(Cl)cc3[N+](=O)[O-])CC2)c1C. The number of anilines is 2. The topological polar surface area (TPSA) is 78.7 Å². The quantitative estimate of drug-likeness (QED) is 0.610. The lowest BCUT2D eigenvalue weighted by atomic mass is 10.1. The minimum Gasteiger partial charge on any atom is -0.369 e. The Hall–Kier alpha value is -2.64. The van der Waals surface area contributed by atoms with Crippen LogP contribution in [0.15, 0.2) is 36.4 Å². The number of benzene rings is 2. The summed E-state index contributed by atoms with van der Waals surface area (Å²) in [7, 11) is 0. The van der Waals surface area contributed by atoms with Crippen LogP contribution in [-0.2, 0) is 4.79 Å². The molecular weight excluding hydrogens is 380 g/mol. The third-order valence-corrected chi connectivity index (χ3v) is 5.32. The van der Waals surface area contributed by atoms with Gasteiger partial charge in [0.05, 0.1) is 11.5 Å². The predicted octanol–water partition coefficient (Wildman–Crippen LogP) is 3.63. The fourth-order valence-electron chi connectivity index (χ4n) is 3.38. The van der Waals surface area contributed by atoms with Gasteiger partial charge in [-0.25, -0.2) is 0 Å². The summed E-state index contributed by atoms with van der Waals surface area (Å²) in [6, 6.07) is 10.5. The molecule has 0 aromatic heterocycles. The number of nitrogens with one attached hydrogen (secondary N) is 1. The Morgan fingerprint density at radius 2 is 1.89 bits per heavy atom. The first-order valence-corrected chi connectivity index (χ1v) is 9.50. The number of aryl methyl sites for hydroxylation is 1. The molecule has 1 amide bonds. The lowest BCUT2D eigenvalue weighted by Gasteiger charge is -2.36. The molecule has 1 aliphatic rings. The van der Waals surface area contributed by atoms with Crippen molar-refractivity contribution in [1.29, 1.82) is 0 Å². The predicted molar refractivity (Wildman–Crippen MR) is 111 cm³/mol. The Morgan fingerprint density at radius 3 is 2.57 bits per heavy atom. The van der Waals surface area contributed by atoms with Crippen molar-refractivity contribution in [3.05, 3.63) is 62.7 Å². The van der Waals surface area contributed by atoms with E-state index >= 15 is 0 Å². The van der Waals surface area contributed by atoms with Crippen molar-refractivity contribution in [1.82, 2.24) is 4.90 Å². The standard InChI is InChI=1S/C20H23ClN4O3/c1-14-4-3-5-18(15(14)2)24-10-8-23(9-11-24)13-20(26)22-17-7-6-16(21)12-19(17)25(27)28/h3-7,12H,8-11,13H2,1-2H3,(H,22,26). The van der Waals surface area contributed by atoms with Crippen LogP contribution in [0.5, 0.6) is 0 Å². The van der Waals surface area contributed by atoms with E-state index in [1.807, 2.05) is 0 Å². The number of nitrogens with zero attached hydrogens (tertiary/aromatic N) is 3. The second-order valence-electron chi connectivity index (χ2n) is 6.95. The van der Waals surface area contributed by atoms with Gasteiger partial charge in [-0.15, -0.1) is 0 Å². The molecule has 7 nitrogen and oxygen atoms in total. The van der Waals surface area contributed by atoms with Gasteiger partial charge in [0, 0.05) is 43.0 Å². The summed E-state index contributed by atoms with van der Waals surface area (Å²) in [5.41, 5.74) is 3.74. The van der Waals surface area contributed by atoms with E-state index in [9.17, 15) is 14.9 Å². The molecular formula is C20H23ClN4O3. The Kier molecular flexibility index (Phi) is 6.16. The lowest BCUT2D eigenvalue weighted by Crippen LogP contribution is -2.48. The van der Waals surface area contributed by atoms with Gasteiger partial charge < -0.3 is 10.2 Å². The van der Waals surface area contributed by atoms with Crippen LogP contribution in [0, 0.1) is 24.0 Å². The highest BCUT2D eigenvalue weighted by Gasteiger charge is 2.22. The average molecular weight is 403 g/mol. The van der Waals surface area contributed by atoms with Gasteiger partial charge >= 0.3 is 0 Å². The van der Waals surface area contributed by atoms with Crippen LogP contribution in [0.3, 0.4) is 0 Å². The third kappa shape index (κ3) is 4.61. The van der Waals surface area contributed by atoms with Crippen molar-refractivity contribution in [2.45, 2.75) is 13.8 Å². The molecule has 1 N–H and O–H groups in total. The molecule has 148 valence electrons. The van der Waals surface area contributed by atoms with E-state index in [4.69, 9.17) is 11.6 Å². The number of rotatable bonds is 5. The van der Waals surface area contributed by atoms with Crippen molar-refractivity contribution in [2.24, 2.45) is 0 Å². The van der Waals surface area contributed by atoms with E-state index in [2.05, 4.69) is 47.2 Å². The molecule has 0 atom stereocenters. The molecule has 0 saturated carbocycles. The minimum atomic E-state index is -0.551. The maximum atomic E-state index is 12.4.